The zero-order chi connectivity index (χ0) is 14.2. The fourth-order valence-corrected chi connectivity index (χ4v) is 2.79. The Bertz CT molecular complexity index is 601. The number of aryl methyl sites for hydroxylation is 2. The number of nitrogens with two attached hydrogens (primary N) is 1. The van der Waals surface area contributed by atoms with Crippen molar-refractivity contribution in [3.05, 3.63) is 16.3 Å². The molecule has 0 aliphatic rings. The molecule has 19 heavy (non-hydrogen) atoms. The number of thiophene rings is 1. The summed E-state index contributed by atoms with van der Waals surface area (Å²) >= 11 is 1.65. The van der Waals surface area contributed by atoms with Gasteiger partial charge in [-0.15, -0.1) is 11.3 Å². The van der Waals surface area contributed by atoms with Crippen molar-refractivity contribution in [1.29, 1.82) is 0 Å². The minimum atomic E-state index is -0.212. The molecule has 0 radical (unpaired) electrons. The number of ether oxygens (including phenoxy) is 1. The molecule has 0 amide bonds. The SMILES string of the molecule is Cc1sc2nc(COC(C)(C)C)nc(NN)c2c1C. The number of hydrogen-bond donors (Lipinski definition) is 2. The van der Waals surface area contributed by atoms with E-state index in [1.165, 1.54) is 10.4 Å². The van der Waals surface area contributed by atoms with Crippen molar-refractivity contribution in [3.63, 3.8) is 0 Å². The normalized spacial score (nSPS) is 12.1. The number of nitrogen functional groups attached to an aromatic ring is 1. The Kier molecular flexibility index (Phi) is 3.75. The lowest BCUT2D eigenvalue weighted by molar-refractivity contribution is -0.0179. The van der Waals surface area contributed by atoms with Gasteiger partial charge in [0.15, 0.2) is 11.6 Å². The Hall–Kier alpha value is -1.24. The summed E-state index contributed by atoms with van der Waals surface area (Å²) in [4.78, 5) is 11.2. The van der Waals surface area contributed by atoms with Crippen molar-refractivity contribution in [2.24, 2.45) is 5.84 Å². The number of fused-ring (bicyclic) bond motifs is 1. The van der Waals surface area contributed by atoms with E-state index in [9.17, 15) is 0 Å². The molecule has 0 unspecified atom stereocenters. The maximum Gasteiger partial charge on any atom is 0.158 e. The Labute approximate surface area is 117 Å². The van der Waals surface area contributed by atoms with E-state index in [2.05, 4.69) is 29.2 Å². The van der Waals surface area contributed by atoms with Gasteiger partial charge in [-0.05, 0) is 40.2 Å². The number of anilines is 1. The van der Waals surface area contributed by atoms with Gasteiger partial charge in [0.05, 0.1) is 11.0 Å². The summed E-state index contributed by atoms with van der Waals surface area (Å²) in [7, 11) is 0. The van der Waals surface area contributed by atoms with E-state index in [1.54, 1.807) is 11.3 Å². The fourth-order valence-electron chi connectivity index (χ4n) is 1.74. The van der Waals surface area contributed by atoms with Crippen LogP contribution < -0.4 is 11.3 Å². The van der Waals surface area contributed by atoms with Gasteiger partial charge >= 0.3 is 0 Å². The number of aromatic nitrogens is 2. The Morgan fingerprint density at radius 3 is 2.53 bits per heavy atom. The molecule has 3 N–H and O–H groups in total. The van der Waals surface area contributed by atoms with Gasteiger partial charge < -0.3 is 10.2 Å². The third-order valence-electron chi connectivity index (χ3n) is 2.85. The Balaban J connectivity index is 2.42. The predicted octanol–water partition coefficient (Wildman–Crippen LogP) is 2.91. The molecule has 0 saturated heterocycles. The zero-order valence-corrected chi connectivity index (χ0v) is 12.8. The van der Waals surface area contributed by atoms with Crippen LogP contribution in [0.15, 0.2) is 0 Å². The molecule has 0 atom stereocenters. The van der Waals surface area contributed by atoms with Crippen LogP contribution >= 0.6 is 11.3 Å². The summed E-state index contributed by atoms with van der Waals surface area (Å²) < 4.78 is 5.71. The lowest BCUT2D eigenvalue weighted by atomic mass is 10.2. The van der Waals surface area contributed by atoms with Crippen LogP contribution in [0.25, 0.3) is 10.2 Å². The standard InChI is InChI=1S/C13H20N4OS/c1-7-8(2)19-12-10(7)11(17-14)15-9(16-12)6-18-13(3,4)5/h6,14H2,1-5H3,(H,15,16,17). The van der Waals surface area contributed by atoms with Gasteiger partial charge in [0.2, 0.25) is 0 Å². The second kappa shape index (κ2) is 5.03. The smallest absolute Gasteiger partial charge is 0.158 e. The van der Waals surface area contributed by atoms with Gasteiger partial charge in [-0.1, -0.05) is 0 Å². The molecule has 0 aliphatic carbocycles. The summed E-state index contributed by atoms with van der Waals surface area (Å²) in [6.07, 6.45) is 0. The van der Waals surface area contributed by atoms with Gasteiger partial charge in [-0.25, -0.2) is 15.8 Å². The molecule has 0 aliphatic heterocycles. The fraction of sp³-hybridized carbons (Fsp3) is 0.538. The molecule has 0 saturated carbocycles. The molecule has 2 heterocycles. The molecule has 0 spiro atoms. The highest BCUT2D eigenvalue weighted by Gasteiger charge is 2.16. The largest absolute Gasteiger partial charge is 0.368 e. The minimum Gasteiger partial charge on any atom is -0.368 e. The second-order valence-corrected chi connectivity index (χ2v) is 6.70. The van der Waals surface area contributed by atoms with Gasteiger partial charge in [0.25, 0.3) is 0 Å². The first-order valence-electron chi connectivity index (χ1n) is 6.19. The lowest BCUT2D eigenvalue weighted by Crippen LogP contribution is -2.20. The van der Waals surface area contributed by atoms with Crippen LogP contribution in [0, 0.1) is 13.8 Å². The van der Waals surface area contributed by atoms with Crippen LogP contribution in [0.2, 0.25) is 0 Å². The monoisotopic (exact) mass is 280 g/mol. The summed E-state index contributed by atoms with van der Waals surface area (Å²) in [5, 5.41) is 1.00. The lowest BCUT2D eigenvalue weighted by Gasteiger charge is -2.19. The second-order valence-electron chi connectivity index (χ2n) is 5.50. The quantitative estimate of drug-likeness (QED) is 0.668. The van der Waals surface area contributed by atoms with Crippen LogP contribution in [0.4, 0.5) is 5.82 Å². The molecule has 5 nitrogen and oxygen atoms in total. The van der Waals surface area contributed by atoms with Crippen LogP contribution in [-0.4, -0.2) is 15.6 Å². The molecular formula is C13H20N4OS. The maximum atomic E-state index is 5.71. The van der Waals surface area contributed by atoms with Crippen molar-refractivity contribution < 1.29 is 4.74 Å². The van der Waals surface area contributed by atoms with E-state index in [0.29, 0.717) is 18.2 Å². The first-order chi connectivity index (χ1) is 8.81. The van der Waals surface area contributed by atoms with Crippen molar-refractivity contribution >= 4 is 27.4 Å². The van der Waals surface area contributed by atoms with Gasteiger partial charge in [0.1, 0.15) is 11.4 Å². The van der Waals surface area contributed by atoms with Crippen LogP contribution in [0.3, 0.4) is 0 Å². The molecule has 104 valence electrons. The molecule has 0 aromatic carbocycles. The van der Waals surface area contributed by atoms with Crippen molar-refractivity contribution in [2.45, 2.75) is 46.8 Å². The van der Waals surface area contributed by atoms with Crippen molar-refractivity contribution in [3.8, 4) is 0 Å². The third-order valence-corrected chi connectivity index (χ3v) is 3.95. The Morgan fingerprint density at radius 2 is 1.95 bits per heavy atom. The molecule has 2 aromatic heterocycles. The van der Waals surface area contributed by atoms with E-state index in [4.69, 9.17) is 10.6 Å². The zero-order valence-electron chi connectivity index (χ0n) is 12.0. The number of rotatable bonds is 3. The van der Waals surface area contributed by atoms with E-state index in [-0.39, 0.29) is 5.60 Å². The minimum absolute atomic E-state index is 0.212. The third kappa shape index (κ3) is 3.02. The van der Waals surface area contributed by atoms with Crippen LogP contribution in [0.5, 0.6) is 0 Å². The molecule has 2 aromatic rings. The van der Waals surface area contributed by atoms with E-state index in [1.807, 2.05) is 20.8 Å². The summed E-state index contributed by atoms with van der Waals surface area (Å²) in [5.41, 5.74) is 3.63. The van der Waals surface area contributed by atoms with E-state index < -0.39 is 0 Å². The van der Waals surface area contributed by atoms with Gasteiger partial charge in [-0.2, -0.15) is 0 Å². The van der Waals surface area contributed by atoms with Crippen molar-refractivity contribution in [1.82, 2.24) is 9.97 Å². The first kappa shape index (κ1) is 14.2. The molecular weight excluding hydrogens is 260 g/mol. The summed E-state index contributed by atoms with van der Waals surface area (Å²) in [5.74, 6) is 6.88. The number of hydrazine groups is 1. The van der Waals surface area contributed by atoms with Gasteiger partial charge in [0, 0.05) is 4.88 Å². The molecule has 6 heteroatoms. The van der Waals surface area contributed by atoms with Crippen LogP contribution in [-0.2, 0) is 11.3 Å². The maximum absolute atomic E-state index is 5.71. The van der Waals surface area contributed by atoms with Crippen molar-refractivity contribution in [2.75, 3.05) is 5.43 Å². The van der Waals surface area contributed by atoms with E-state index >= 15 is 0 Å². The van der Waals surface area contributed by atoms with Crippen LogP contribution in [0.1, 0.15) is 37.0 Å². The average Bonchev–Trinajstić information content (AvgIpc) is 2.61. The highest BCUT2D eigenvalue weighted by molar-refractivity contribution is 7.18. The number of hydrogen-bond acceptors (Lipinski definition) is 6. The highest BCUT2D eigenvalue weighted by Crippen LogP contribution is 2.33. The number of nitrogens with zero attached hydrogens (tertiary/aromatic N) is 2. The predicted molar refractivity (Wildman–Crippen MR) is 79.2 cm³/mol. The highest BCUT2D eigenvalue weighted by atomic mass is 32.1. The summed E-state index contributed by atoms with van der Waals surface area (Å²) in [6.45, 7) is 10.5. The number of nitrogens with one attached hydrogen (secondary N) is 1. The molecule has 0 bridgehead atoms. The summed E-state index contributed by atoms with van der Waals surface area (Å²) in [6, 6.07) is 0. The average molecular weight is 280 g/mol. The first-order valence-corrected chi connectivity index (χ1v) is 7.00. The van der Waals surface area contributed by atoms with Gasteiger partial charge in [-0.3, -0.25) is 0 Å². The van der Waals surface area contributed by atoms with E-state index in [0.717, 1.165) is 10.2 Å². The molecule has 2 rings (SSSR count). The topological polar surface area (TPSA) is 73.1 Å². The molecule has 0 fully saturated rings. The Morgan fingerprint density at radius 1 is 1.26 bits per heavy atom.